The largest absolute Gasteiger partial charge is 0.489 e. The maximum atomic E-state index is 13.3. The Bertz CT molecular complexity index is 1090. The molecule has 0 aromatic heterocycles. The van der Waals surface area contributed by atoms with Crippen LogP contribution < -0.4 is 10.2 Å². The molecule has 12 heteroatoms. The number of carbonyl (C=O) groups excluding carboxylic acids is 2. The smallest absolute Gasteiger partial charge is 0.409 e. The van der Waals surface area contributed by atoms with Gasteiger partial charge >= 0.3 is 6.09 Å². The molecule has 1 saturated heterocycles. The standard InChI is InChI=1S/C21H24FN3O7S/c1-14-19(20(26)23-28)25(12-11-24(14)21(27)31-2)33(29,30)18-9-7-17(8-10-18)32-13-15-3-5-16(22)6-4-15/h3-10,14,19,28H,11-13H2,1-2H3,(H,23,26). The van der Waals surface area contributed by atoms with E-state index in [1.54, 1.807) is 12.1 Å². The van der Waals surface area contributed by atoms with Gasteiger partial charge in [0.05, 0.1) is 18.0 Å². The first-order valence-electron chi connectivity index (χ1n) is 9.96. The number of methoxy groups -OCH3 is 1. The maximum absolute atomic E-state index is 13.3. The van der Waals surface area contributed by atoms with Crippen LogP contribution in [0.1, 0.15) is 12.5 Å². The van der Waals surface area contributed by atoms with Crippen molar-refractivity contribution in [3.05, 3.63) is 59.9 Å². The summed E-state index contributed by atoms with van der Waals surface area (Å²) in [7, 11) is -2.98. The summed E-state index contributed by atoms with van der Waals surface area (Å²) in [4.78, 5) is 25.4. The van der Waals surface area contributed by atoms with Gasteiger partial charge in [-0.2, -0.15) is 4.31 Å². The fourth-order valence-corrected chi connectivity index (χ4v) is 5.25. The van der Waals surface area contributed by atoms with E-state index in [1.807, 2.05) is 0 Å². The van der Waals surface area contributed by atoms with Crippen LogP contribution in [-0.2, 0) is 26.2 Å². The molecule has 3 rings (SSSR count). The van der Waals surface area contributed by atoms with Crippen molar-refractivity contribution in [1.29, 1.82) is 0 Å². The average molecular weight is 482 g/mol. The van der Waals surface area contributed by atoms with Crippen LogP contribution in [0.4, 0.5) is 9.18 Å². The van der Waals surface area contributed by atoms with Gasteiger partial charge < -0.3 is 14.4 Å². The monoisotopic (exact) mass is 481 g/mol. The minimum absolute atomic E-state index is 0.00113. The SMILES string of the molecule is COC(=O)N1CCN(S(=O)(=O)c2ccc(OCc3ccc(F)cc3)cc2)C(C(=O)NO)C1C. The number of hydrogen-bond acceptors (Lipinski definition) is 7. The summed E-state index contributed by atoms with van der Waals surface area (Å²) in [5, 5.41) is 9.15. The summed E-state index contributed by atoms with van der Waals surface area (Å²) in [6.45, 7) is 1.48. The third-order valence-electron chi connectivity index (χ3n) is 5.36. The Hall–Kier alpha value is -3.22. The maximum Gasteiger partial charge on any atom is 0.409 e. The molecule has 178 valence electrons. The highest BCUT2D eigenvalue weighted by Gasteiger charge is 2.46. The lowest BCUT2D eigenvalue weighted by Gasteiger charge is -2.43. The molecule has 10 nitrogen and oxygen atoms in total. The molecule has 2 aromatic carbocycles. The van der Waals surface area contributed by atoms with Crippen LogP contribution in [0.2, 0.25) is 0 Å². The van der Waals surface area contributed by atoms with Gasteiger partial charge in [0, 0.05) is 13.1 Å². The molecule has 0 spiro atoms. The zero-order valence-corrected chi connectivity index (χ0v) is 18.8. The number of nitrogens with zero attached hydrogens (tertiary/aromatic N) is 2. The Balaban J connectivity index is 1.79. The Kier molecular flexibility index (Phi) is 7.51. The Morgan fingerprint density at radius 1 is 1.12 bits per heavy atom. The van der Waals surface area contributed by atoms with Crippen LogP contribution in [0, 0.1) is 5.82 Å². The lowest BCUT2D eigenvalue weighted by Crippen LogP contribution is -2.65. The number of rotatable bonds is 6. The highest BCUT2D eigenvalue weighted by molar-refractivity contribution is 7.89. The molecule has 1 fully saturated rings. The zero-order chi connectivity index (χ0) is 24.2. The van der Waals surface area contributed by atoms with E-state index in [2.05, 4.69) is 0 Å². The van der Waals surface area contributed by atoms with Crippen molar-refractivity contribution in [3.8, 4) is 5.75 Å². The van der Waals surface area contributed by atoms with Gasteiger partial charge in [-0.3, -0.25) is 10.0 Å². The average Bonchev–Trinajstić information content (AvgIpc) is 2.82. The second kappa shape index (κ2) is 10.1. The fourth-order valence-electron chi connectivity index (χ4n) is 3.61. The molecule has 0 saturated carbocycles. The number of piperazine rings is 1. The van der Waals surface area contributed by atoms with E-state index in [9.17, 15) is 22.4 Å². The number of sulfonamides is 1. The number of benzene rings is 2. The summed E-state index contributed by atoms with van der Waals surface area (Å²) in [5.41, 5.74) is 2.21. The van der Waals surface area contributed by atoms with Gasteiger partial charge in [0.2, 0.25) is 10.0 Å². The van der Waals surface area contributed by atoms with Crippen LogP contribution in [-0.4, -0.2) is 67.1 Å². The molecule has 0 radical (unpaired) electrons. The van der Waals surface area contributed by atoms with E-state index in [1.165, 1.54) is 60.8 Å². The number of halogens is 1. The van der Waals surface area contributed by atoms with Crippen LogP contribution >= 0.6 is 0 Å². The number of hydrogen-bond donors (Lipinski definition) is 2. The van der Waals surface area contributed by atoms with Crippen molar-refractivity contribution in [2.24, 2.45) is 0 Å². The first kappa shape index (κ1) is 24.4. The fraction of sp³-hybridized carbons (Fsp3) is 0.333. The van der Waals surface area contributed by atoms with Crippen LogP contribution in [0.25, 0.3) is 0 Å². The van der Waals surface area contributed by atoms with Gasteiger partial charge in [-0.05, 0) is 48.9 Å². The molecule has 2 amide bonds. The van der Waals surface area contributed by atoms with E-state index in [0.29, 0.717) is 5.75 Å². The number of amides is 2. The first-order chi connectivity index (χ1) is 15.7. The second-order valence-electron chi connectivity index (χ2n) is 7.33. The molecule has 2 unspecified atom stereocenters. The van der Waals surface area contributed by atoms with Gasteiger partial charge in [-0.1, -0.05) is 12.1 Å². The molecule has 33 heavy (non-hydrogen) atoms. The van der Waals surface area contributed by atoms with Crippen molar-refractivity contribution in [2.45, 2.75) is 30.5 Å². The van der Waals surface area contributed by atoms with Crippen LogP contribution in [0.15, 0.2) is 53.4 Å². The molecule has 2 atom stereocenters. The summed E-state index contributed by atoms with van der Waals surface area (Å²) in [5.74, 6) is -0.936. The minimum atomic E-state index is -4.16. The highest BCUT2D eigenvalue weighted by Crippen LogP contribution is 2.27. The molecule has 2 aromatic rings. The van der Waals surface area contributed by atoms with Crippen molar-refractivity contribution in [1.82, 2.24) is 14.7 Å². The predicted molar refractivity (Wildman–Crippen MR) is 113 cm³/mol. The molecule has 2 N–H and O–H groups in total. The second-order valence-corrected chi connectivity index (χ2v) is 9.22. The molecule has 1 aliphatic heterocycles. The topological polar surface area (TPSA) is 125 Å². The summed E-state index contributed by atoms with van der Waals surface area (Å²) in [6, 6.07) is 9.11. The van der Waals surface area contributed by atoms with E-state index >= 15 is 0 Å². The van der Waals surface area contributed by atoms with E-state index in [4.69, 9.17) is 14.7 Å². The van der Waals surface area contributed by atoms with Crippen molar-refractivity contribution < 1.29 is 37.1 Å². The van der Waals surface area contributed by atoms with Gasteiger partial charge in [-0.25, -0.2) is 23.1 Å². The Morgan fingerprint density at radius 2 is 1.76 bits per heavy atom. The quantitative estimate of drug-likeness (QED) is 0.476. The number of carbonyl (C=O) groups is 2. The molecular formula is C21H24FN3O7S. The van der Waals surface area contributed by atoms with E-state index in [-0.39, 0.29) is 30.4 Å². The van der Waals surface area contributed by atoms with Crippen molar-refractivity contribution in [3.63, 3.8) is 0 Å². The number of hydroxylamine groups is 1. The van der Waals surface area contributed by atoms with Gasteiger partial charge in [0.15, 0.2) is 0 Å². The first-order valence-corrected chi connectivity index (χ1v) is 11.4. The molecule has 1 aliphatic rings. The molecule has 1 heterocycles. The normalized spacial score (nSPS) is 19.1. The third kappa shape index (κ3) is 5.24. The third-order valence-corrected chi connectivity index (χ3v) is 7.25. The minimum Gasteiger partial charge on any atom is -0.489 e. The zero-order valence-electron chi connectivity index (χ0n) is 18.0. The van der Waals surface area contributed by atoms with Gasteiger partial charge in [0.1, 0.15) is 24.2 Å². The molecule has 0 aliphatic carbocycles. The molecular weight excluding hydrogens is 457 g/mol. The van der Waals surface area contributed by atoms with Crippen molar-refractivity contribution in [2.75, 3.05) is 20.2 Å². The lowest BCUT2D eigenvalue weighted by atomic mass is 10.1. The van der Waals surface area contributed by atoms with Gasteiger partial charge in [0.25, 0.3) is 5.91 Å². The van der Waals surface area contributed by atoms with Crippen molar-refractivity contribution >= 4 is 22.0 Å². The summed E-state index contributed by atoms with van der Waals surface area (Å²) < 4.78 is 50.8. The van der Waals surface area contributed by atoms with Gasteiger partial charge in [-0.15, -0.1) is 0 Å². The predicted octanol–water partition coefficient (Wildman–Crippen LogP) is 1.74. The Labute approximate surface area is 190 Å². The highest BCUT2D eigenvalue weighted by atomic mass is 32.2. The number of nitrogens with one attached hydrogen (secondary N) is 1. The summed E-state index contributed by atoms with van der Waals surface area (Å²) in [6.07, 6.45) is -0.710. The summed E-state index contributed by atoms with van der Waals surface area (Å²) >= 11 is 0. The van der Waals surface area contributed by atoms with E-state index < -0.39 is 34.1 Å². The molecule has 0 bridgehead atoms. The lowest BCUT2D eigenvalue weighted by molar-refractivity contribution is -0.136. The van der Waals surface area contributed by atoms with Crippen LogP contribution in [0.5, 0.6) is 5.75 Å². The van der Waals surface area contributed by atoms with E-state index in [0.717, 1.165) is 9.87 Å². The number of ether oxygens (including phenoxy) is 2. The Morgan fingerprint density at radius 3 is 2.33 bits per heavy atom. The van der Waals surface area contributed by atoms with Crippen LogP contribution in [0.3, 0.4) is 0 Å².